The lowest BCUT2D eigenvalue weighted by Crippen LogP contribution is -2.02. The fraction of sp³-hybridized carbons (Fsp3) is 0.143. The van der Waals surface area contributed by atoms with E-state index in [1.807, 2.05) is 19.2 Å². The zero-order valence-electron chi connectivity index (χ0n) is 10.2. The van der Waals surface area contributed by atoms with Crippen molar-refractivity contribution in [1.29, 1.82) is 0 Å². The highest BCUT2D eigenvalue weighted by Gasteiger charge is 2.17. The van der Waals surface area contributed by atoms with Gasteiger partial charge in [0.15, 0.2) is 5.69 Å². The van der Waals surface area contributed by atoms with E-state index in [2.05, 4.69) is 9.97 Å². The number of aromatic carboxylic acids is 1. The molecule has 0 aliphatic carbocycles. The molecule has 5 heteroatoms. The van der Waals surface area contributed by atoms with Gasteiger partial charge in [-0.25, -0.2) is 9.78 Å². The second-order valence-corrected chi connectivity index (χ2v) is 4.78. The number of nitrogens with one attached hydrogen (secondary N) is 1. The van der Waals surface area contributed by atoms with Crippen molar-refractivity contribution in [2.75, 3.05) is 0 Å². The average molecular weight is 275 g/mol. The summed E-state index contributed by atoms with van der Waals surface area (Å²) in [6.45, 7) is 1.99. The number of aromatic nitrogens is 2. The third kappa shape index (κ3) is 1.76. The summed E-state index contributed by atoms with van der Waals surface area (Å²) < 4.78 is 0. The van der Waals surface area contributed by atoms with Crippen molar-refractivity contribution in [2.24, 2.45) is 0 Å². The maximum Gasteiger partial charge on any atom is 0.355 e. The van der Waals surface area contributed by atoms with Gasteiger partial charge in [-0.15, -0.1) is 0 Å². The summed E-state index contributed by atoms with van der Waals surface area (Å²) in [5, 5.41) is 11.4. The molecular weight excluding hydrogens is 264 g/mol. The highest BCUT2D eigenvalue weighted by molar-refractivity contribution is 6.31. The van der Waals surface area contributed by atoms with Crippen LogP contribution in [0.25, 0.3) is 21.8 Å². The van der Waals surface area contributed by atoms with Crippen molar-refractivity contribution < 1.29 is 9.90 Å². The standard InChI is InChI=1S/C14H11ClN2O2/c1-2-7-6-16-12-9-4-3-8(15)5-10(9)17-13(11(7)12)14(18)19/h3-6,16H,2H2,1H3,(H,18,19). The van der Waals surface area contributed by atoms with Gasteiger partial charge in [0.05, 0.1) is 11.0 Å². The number of carboxylic acids is 1. The topological polar surface area (TPSA) is 66.0 Å². The Morgan fingerprint density at radius 1 is 1.47 bits per heavy atom. The Kier molecular flexibility index (Phi) is 2.68. The number of rotatable bonds is 2. The van der Waals surface area contributed by atoms with Crippen LogP contribution in [-0.4, -0.2) is 21.0 Å². The molecule has 0 amide bonds. The number of aryl methyl sites for hydroxylation is 1. The lowest BCUT2D eigenvalue weighted by molar-refractivity contribution is 0.0693. The summed E-state index contributed by atoms with van der Waals surface area (Å²) in [7, 11) is 0. The number of pyridine rings is 1. The molecule has 0 unspecified atom stereocenters. The van der Waals surface area contributed by atoms with Crippen LogP contribution in [0.1, 0.15) is 23.0 Å². The smallest absolute Gasteiger partial charge is 0.355 e. The highest BCUT2D eigenvalue weighted by Crippen LogP contribution is 2.30. The molecule has 3 rings (SSSR count). The number of hydrogen-bond acceptors (Lipinski definition) is 2. The fourth-order valence-electron chi connectivity index (χ4n) is 2.37. The first-order valence-corrected chi connectivity index (χ1v) is 6.32. The molecule has 2 heterocycles. The second kappa shape index (κ2) is 4.24. The van der Waals surface area contributed by atoms with Crippen LogP contribution in [0, 0.1) is 0 Å². The Labute approximate surface area is 114 Å². The highest BCUT2D eigenvalue weighted by atomic mass is 35.5. The Bertz CT molecular complexity index is 808. The van der Waals surface area contributed by atoms with Gasteiger partial charge < -0.3 is 10.1 Å². The van der Waals surface area contributed by atoms with E-state index in [0.29, 0.717) is 15.9 Å². The molecule has 4 nitrogen and oxygen atoms in total. The molecule has 0 atom stereocenters. The van der Waals surface area contributed by atoms with Gasteiger partial charge >= 0.3 is 5.97 Å². The van der Waals surface area contributed by atoms with Crippen molar-refractivity contribution in [2.45, 2.75) is 13.3 Å². The summed E-state index contributed by atoms with van der Waals surface area (Å²) in [5.41, 5.74) is 2.41. The van der Waals surface area contributed by atoms with E-state index in [-0.39, 0.29) is 5.69 Å². The number of carboxylic acid groups (broad SMARTS) is 1. The number of benzene rings is 1. The SMILES string of the molecule is CCc1c[nH]c2c1c(C(=O)O)nc1cc(Cl)ccc12. The van der Waals surface area contributed by atoms with Crippen LogP contribution in [0.2, 0.25) is 5.02 Å². The molecule has 0 aliphatic rings. The summed E-state index contributed by atoms with van der Waals surface area (Å²) >= 11 is 5.94. The van der Waals surface area contributed by atoms with Crippen molar-refractivity contribution >= 4 is 39.4 Å². The molecule has 0 fully saturated rings. The largest absolute Gasteiger partial charge is 0.476 e. The van der Waals surface area contributed by atoms with Crippen LogP contribution < -0.4 is 0 Å². The minimum absolute atomic E-state index is 0.0721. The van der Waals surface area contributed by atoms with Gasteiger partial charge in [0.1, 0.15) is 0 Å². The predicted molar refractivity (Wildman–Crippen MR) is 74.9 cm³/mol. The lowest BCUT2D eigenvalue weighted by atomic mass is 10.1. The molecule has 0 saturated carbocycles. The van der Waals surface area contributed by atoms with Crippen LogP contribution in [0.4, 0.5) is 0 Å². The van der Waals surface area contributed by atoms with Gasteiger partial charge in [-0.05, 0) is 30.2 Å². The van der Waals surface area contributed by atoms with E-state index in [0.717, 1.165) is 22.9 Å². The van der Waals surface area contributed by atoms with E-state index in [9.17, 15) is 9.90 Å². The van der Waals surface area contributed by atoms with Gasteiger partial charge in [0.25, 0.3) is 0 Å². The minimum Gasteiger partial charge on any atom is -0.476 e. The molecule has 0 radical (unpaired) electrons. The van der Waals surface area contributed by atoms with Gasteiger partial charge in [0, 0.05) is 22.0 Å². The van der Waals surface area contributed by atoms with Gasteiger partial charge in [-0.1, -0.05) is 18.5 Å². The Morgan fingerprint density at radius 2 is 2.26 bits per heavy atom. The van der Waals surface area contributed by atoms with Crippen LogP contribution in [0.5, 0.6) is 0 Å². The molecule has 0 bridgehead atoms. The summed E-state index contributed by atoms with van der Waals surface area (Å²) in [4.78, 5) is 18.8. The molecule has 1 aromatic carbocycles. The monoisotopic (exact) mass is 274 g/mol. The summed E-state index contributed by atoms with van der Waals surface area (Å²) in [6.07, 6.45) is 2.59. The van der Waals surface area contributed by atoms with Gasteiger partial charge in [0.2, 0.25) is 0 Å². The number of aromatic amines is 1. The zero-order chi connectivity index (χ0) is 13.6. The molecule has 2 N–H and O–H groups in total. The number of carbonyl (C=O) groups is 1. The molecular formula is C14H11ClN2O2. The van der Waals surface area contributed by atoms with E-state index in [4.69, 9.17) is 11.6 Å². The molecule has 3 aromatic rings. The molecule has 0 spiro atoms. The fourth-order valence-corrected chi connectivity index (χ4v) is 2.53. The number of hydrogen-bond donors (Lipinski definition) is 2. The van der Waals surface area contributed by atoms with E-state index in [1.165, 1.54) is 0 Å². The number of fused-ring (bicyclic) bond motifs is 3. The van der Waals surface area contributed by atoms with Crippen LogP contribution >= 0.6 is 11.6 Å². The third-order valence-electron chi connectivity index (χ3n) is 3.24. The van der Waals surface area contributed by atoms with E-state index >= 15 is 0 Å². The van der Waals surface area contributed by atoms with Crippen LogP contribution in [0.3, 0.4) is 0 Å². The third-order valence-corrected chi connectivity index (χ3v) is 3.48. The zero-order valence-corrected chi connectivity index (χ0v) is 11.0. The maximum absolute atomic E-state index is 11.4. The van der Waals surface area contributed by atoms with Crippen molar-refractivity contribution in [3.8, 4) is 0 Å². The van der Waals surface area contributed by atoms with E-state index in [1.54, 1.807) is 12.1 Å². The summed E-state index contributed by atoms with van der Waals surface area (Å²) in [5.74, 6) is -1.03. The molecule has 0 saturated heterocycles. The number of halogens is 1. The summed E-state index contributed by atoms with van der Waals surface area (Å²) in [6, 6.07) is 5.31. The Balaban J connectivity index is 2.54. The molecule has 19 heavy (non-hydrogen) atoms. The number of nitrogens with zero attached hydrogens (tertiary/aromatic N) is 1. The normalized spacial score (nSPS) is 11.3. The van der Waals surface area contributed by atoms with Gasteiger partial charge in [-0.3, -0.25) is 0 Å². The molecule has 96 valence electrons. The Morgan fingerprint density at radius 3 is 2.95 bits per heavy atom. The number of H-pyrrole nitrogens is 1. The lowest BCUT2D eigenvalue weighted by Gasteiger charge is -2.05. The first-order valence-electron chi connectivity index (χ1n) is 5.94. The van der Waals surface area contributed by atoms with Crippen LogP contribution in [-0.2, 0) is 6.42 Å². The Hall–Kier alpha value is -2.07. The first-order chi connectivity index (χ1) is 9.11. The van der Waals surface area contributed by atoms with Crippen molar-refractivity contribution in [1.82, 2.24) is 9.97 Å². The minimum atomic E-state index is -1.03. The second-order valence-electron chi connectivity index (χ2n) is 4.34. The van der Waals surface area contributed by atoms with Crippen molar-refractivity contribution in [3.63, 3.8) is 0 Å². The van der Waals surface area contributed by atoms with Gasteiger partial charge in [-0.2, -0.15) is 0 Å². The quantitative estimate of drug-likeness (QED) is 0.750. The van der Waals surface area contributed by atoms with Crippen molar-refractivity contribution in [3.05, 3.63) is 40.7 Å². The maximum atomic E-state index is 11.4. The van der Waals surface area contributed by atoms with E-state index < -0.39 is 5.97 Å². The first kappa shape index (κ1) is 12.0. The average Bonchev–Trinajstić information content (AvgIpc) is 2.80. The molecule has 2 aromatic heterocycles. The predicted octanol–water partition coefficient (Wildman–Crippen LogP) is 3.63. The van der Waals surface area contributed by atoms with Crippen LogP contribution in [0.15, 0.2) is 24.4 Å². The molecule has 0 aliphatic heterocycles.